The number of aromatic nitrogens is 1. The average Bonchev–Trinajstić information content (AvgIpc) is 3.12. The maximum absolute atomic E-state index is 11.5. The van der Waals surface area contributed by atoms with Crippen LogP contribution in [-0.2, 0) is 27.2 Å². The van der Waals surface area contributed by atoms with Crippen molar-refractivity contribution in [3.63, 3.8) is 0 Å². The number of nitrogens with zero attached hydrogens (tertiary/aromatic N) is 3. The summed E-state index contributed by atoms with van der Waals surface area (Å²) in [5.74, 6) is -0.136. The molecule has 28 heavy (non-hydrogen) atoms. The minimum Gasteiger partial charge on any atom is -0.507 e. The van der Waals surface area contributed by atoms with Gasteiger partial charge in [0.25, 0.3) is 0 Å². The van der Waals surface area contributed by atoms with Crippen molar-refractivity contribution in [1.29, 1.82) is 0 Å². The standard InChI is InChI=1S/C19H24N4O4S/c1-2-27-18(25)10-16-13-28-19(21-16)22-20-11-15-9-14(3-4-17(15)24)12-23-5-7-26-8-6-23/h3-4,9,11,13,24H,2,5-8,10,12H2,1H3,(H,21,22). The van der Waals surface area contributed by atoms with Crippen LogP contribution in [0.2, 0.25) is 0 Å². The number of aromatic hydroxyl groups is 1. The lowest BCUT2D eigenvalue weighted by molar-refractivity contribution is -0.142. The van der Waals surface area contributed by atoms with E-state index in [9.17, 15) is 9.90 Å². The van der Waals surface area contributed by atoms with Crippen LogP contribution in [0.3, 0.4) is 0 Å². The van der Waals surface area contributed by atoms with Crippen LogP contribution in [0, 0.1) is 0 Å². The number of nitrogens with one attached hydrogen (secondary N) is 1. The molecule has 0 amide bonds. The Bertz CT molecular complexity index is 818. The number of hydrogen-bond donors (Lipinski definition) is 2. The fourth-order valence-electron chi connectivity index (χ4n) is 2.78. The van der Waals surface area contributed by atoms with Gasteiger partial charge in [0.1, 0.15) is 5.75 Å². The lowest BCUT2D eigenvalue weighted by Crippen LogP contribution is -2.35. The molecule has 2 aromatic rings. The highest BCUT2D eigenvalue weighted by molar-refractivity contribution is 7.13. The van der Waals surface area contributed by atoms with Crippen LogP contribution in [0.4, 0.5) is 5.13 Å². The zero-order chi connectivity index (χ0) is 19.8. The Hall–Kier alpha value is -2.49. The third-order valence-corrected chi connectivity index (χ3v) is 4.94. The van der Waals surface area contributed by atoms with Gasteiger partial charge in [-0.05, 0) is 24.6 Å². The van der Waals surface area contributed by atoms with Gasteiger partial charge in [-0.1, -0.05) is 6.07 Å². The van der Waals surface area contributed by atoms with Gasteiger partial charge < -0.3 is 14.6 Å². The number of ether oxygens (including phenoxy) is 2. The van der Waals surface area contributed by atoms with E-state index in [1.807, 2.05) is 12.1 Å². The monoisotopic (exact) mass is 404 g/mol. The molecule has 3 rings (SSSR count). The molecule has 0 atom stereocenters. The number of esters is 1. The molecule has 2 heterocycles. The molecule has 0 spiro atoms. The van der Waals surface area contributed by atoms with E-state index in [2.05, 4.69) is 20.4 Å². The van der Waals surface area contributed by atoms with E-state index in [0.29, 0.717) is 23.0 Å². The number of morpholine rings is 1. The van der Waals surface area contributed by atoms with E-state index in [1.54, 1.807) is 24.6 Å². The van der Waals surface area contributed by atoms with Gasteiger partial charge in [-0.25, -0.2) is 4.98 Å². The average molecular weight is 404 g/mol. The predicted molar refractivity (Wildman–Crippen MR) is 108 cm³/mol. The number of carbonyl (C=O) groups is 1. The SMILES string of the molecule is CCOC(=O)Cc1csc(NN=Cc2cc(CN3CCOCC3)ccc2O)n1. The van der Waals surface area contributed by atoms with Crippen molar-refractivity contribution >= 4 is 28.7 Å². The fourth-order valence-corrected chi connectivity index (χ4v) is 3.44. The number of phenols is 1. The zero-order valence-corrected chi connectivity index (χ0v) is 16.6. The van der Waals surface area contributed by atoms with Crippen LogP contribution < -0.4 is 5.43 Å². The largest absolute Gasteiger partial charge is 0.507 e. The maximum atomic E-state index is 11.5. The van der Waals surface area contributed by atoms with Crippen LogP contribution in [0.25, 0.3) is 0 Å². The van der Waals surface area contributed by atoms with Gasteiger partial charge in [0, 0.05) is 30.6 Å². The topological polar surface area (TPSA) is 96.3 Å². The van der Waals surface area contributed by atoms with Crippen molar-refractivity contribution in [2.75, 3.05) is 38.3 Å². The smallest absolute Gasteiger partial charge is 0.311 e. The first kappa shape index (κ1) is 20.2. The van der Waals surface area contributed by atoms with Gasteiger partial charge in [-0.2, -0.15) is 5.10 Å². The molecule has 1 aliphatic heterocycles. The first-order valence-corrected chi connectivity index (χ1v) is 10.0. The first-order chi connectivity index (χ1) is 13.6. The number of rotatable bonds is 8. The van der Waals surface area contributed by atoms with Crippen molar-refractivity contribution < 1.29 is 19.4 Å². The molecule has 2 N–H and O–H groups in total. The Morgan fingerprint density at radius 3 is 3.07 bits per heavy atom. The van der Waals surface area contributed by atoms with E-state index in [0.717, 1.165) is 38.4 Å². The molecule has 1 fully saturated rings. The molecule has 9 heteroatoms. The molecule has 0 aliphatic carbocycles. The van der Waals surface area contributed by atoms with Gasteiger partial charge in [-0.15, -0.1) is 11.3 Å². The second-order valence-corrected chi connectivity index (χ2v) is 7.14. The third kappa shape index (κ3) is 6.01. The summed E-state index contributed by atoms with van der Waals surface area (Å²) in [5.41, 5.74) is 5.20. The molecular weight excluding hydrogens is 380 g/mol. The van der Waals surface area contributed by atoms with E-state index < -0.39 is 0 Å². The molecule has 1 aromatic heterocycles. The summed E-state index contributed by atoms with van der Waals surface area (Å²) in [6, 6.07) is 5.51. The summed E-state index contributed by atoms with van der Waals surface area (Å²) in [6.45, 7) is 6.25. The van der Waals surface area contributed by atoms with Crippen LogP contribution in [0.5, 0.6) is 5.75 Å². The molecule has 1 saturated heterocycles. The Morgan fingerprint density at radius 1 is 1.46 bits per heavy atom. The van der Waals surface area contributed by atoms with E-state index in [1.165, 1.54) is 11.3 Å². The minimum absolute atomic E-state index is 0.139. The van der Waals surface area contributed by atoms with Crippen molar-refractivity contribution in [1.82, 2.24) is 9.88 Å². The van der Waals surface area contributed by atoms with Crippen molar-refractivity contribution in [2.24, 2.45) is 5.10 Å². The summed E-state index contributed by atoms with van der Waals surface area (Å²) in [5, 5.41) is 16.6. The second-order valence-electron chi connectivity index (χ2n) is 6.28. The summed E-state index contributed by atoms with van der Waals surface area (Å²) in [7, 11) is 0. The number of hydrazone groups is 1. The molecule has 1 aliphatic rings. The highest BCUT2D eigenvalue weighted by Crippen LogP contribution is 2.19. The van der Waals surface area contributed by atoms with Crippen molar-refractivity contribution in [2.45, 2.75) is 19.9 Å². The van der Waals surface area contributed by atoms with Gasteiger partial charge >= 0.3 is 5.97 Å². The number of benzene rings is 1. The summed E-state index contributed by atoms with van der Waals surface area (Å²) in [6.07, 6.45) is 1.70. The second kappa shape index (κ2) is 10.2. The van der Waals surface area contributed by atoms with Gasteiger partial charge in [0.05, 0.1) is 38.1 Å². The normalized spacial score (nSPS) is 15.0. The molecule has 8 nitrogen and oxygen atoms in total. The van der Waals surface area contributed by atoms with Crippen LogP contribution in [0.15, 0.2) is 28.7 Å². The number of phenolic OH excluding ortho intramolecular Hbond substituents is 1. The summed E-state index contributed by atoms with van der Waals surface area (Å²) in [4.78, 5) is 18.1. The quantitative estimate of drug-likeness (QED) is 0.396. The number of anilines is 1. The Morgan fingerprint density at radius 2 is 2.29 bits per heavy atom. The number of hydrogen-bond acceptors (Lipinski definition) is 9. The van der Waals surface area contributed by atoms with Gasteiger partial charge in [0.2, 0.25) is 5.13 Å². The Labute approximate surface area is 167 Å². The molecule has 1 aromatic carbocycles. The molecule has 150 valence electrons. The predicted octanol–water partition coefficient (Wildman–Crippen LogP) is 2.23. The highest BCUT2D eigenvalue weighted by atomic mass is 32.1. The van der Waals surface area contributed by atoms with Gasteiger partial charge in [0.15, 0.2) is 0 Å². The molecule has 0 radical (unpaired) electrons. The van der Waals surface area contributed by atoms with Crippen LogP contribution >= 0.6 is 11.3 Å². The Balaban J connectivity index is 1.57. The molecule has 0 bridgehead atoms. The van der Waals surface area contributed by atoms with Crippen LogP contribution in [0.1, 0.15) is 23.7 Å². The Kier molecular flexibility index (Phi) is 7.35. The first-order valence-electron chi connectivity index (χ1n) is 9.15. The van der Waals surface area contributed by atoms with Crippen LogP contribution in [-0.4, -0.2) is 60.1 Å². The lowest BCUT2D eigenvalue weighted by Gasteiger charge is -2.26. The minimum atomic E-state index is -0.301. The summed E-state index contributed by atoms with van der Waals surface area (Å²) >= 11 is 1.35. The van der Waals surface area contributed by atoms with Gasteiger partial charge in [-0.3, -0.25) is 15.1 Å². The molecule has 0 unspecified atom stereocenters. The van der Waals surface area contributed by atoms with E-state index in [4.69, 9.17) is 9.47 Å². The molecule has 0 saturated carbocycles. The van der Waals surface area contributed by atoms with E-state index in [-0.39, 0.29) is 18.1 Å². The van der Waals surface area contributed by atoms with Crippen molar-refractivity contribution in [3.05, 3.63) is 40.4 Å². The van der Waals surface area contributed by atoms with Crippen molar-refractivity contribution in [3.8, 4) is 5.75 Å². The molecular formula is C19H24N4O4S. The highest BCUT2D eigenvalue weighted by Gasteiger charge is 2.12. The zero-order valence-electron chi connectivity index (χ0n) is 15.8. The number of carbonyl (C=O) groups excluding carboxylic acids is 1. The lowest BCUT2D eigenvalue weighted by atomic mass is 10.1. The maximum Gasteiger partial charge on any atom is 0.311 e. The summed E-state index contributed by atoms with van der Waals surface area (Å²) < 4.78 is 10.3. The van der Waals surface area contributed by atoms with E-state index >= 15 is 0 Å². The fraction of sp³-hybridized carbons (Fsp3) is 0.421. The third-order valence-electron chi connectivity index (χ3n) is 4.15. The number of thiazole rings is 1.